The van der Waals surface area contributed by atoms with Crippen molar-refractivity contribution < 1.29 is 18.8 Å². The third-order valence-electron chi connectivity index (χ3n) is 3.54. The van der Waals surface area contributed by atoms with Gasteiger partial charge in [-0.05, 0) is 26.0 Å². The number of rotatable bonds is 3. The van der Waals surface area contributed by atoms with Crippen molar-refractivity contribution in [2.75, 3.05) is 7.05 Å². The Morgan fingerprint density at radius 1 is 1.27 bits per heavy atom. The highest BCUT2D eigenvalue weighted by Crippen LogP contribution is 2.33. The number of para-hydroxylation sites is 2. The second kappa shape index (κ2) is 5.71. The Kier molecular flexibility index (Phi) is 3.75. The second-order valence-electron chi connectivity index (χ2n) is 5.43. The van der Waals surface area contributed by atoms with Crippen molar-refractivity contribution in [2.45, 2.75) is 32.6 Å². The molecule has 0 unspecified atom stereocenters. The minimum absolute atomic E-state index is 0.150. The third kappa shape index (κ3) is 2.77. The summed E-state index contributed by atoms with van der Waals surface area (Å²) in [5.41, 5.74) is 0.707. The Hall–Kier alpha value is -2.50. The van der Waals surface area contributed by atoms with E-state index in [2.05, 4.69) is 5.16 Å². The van der Waals surface area contributed by atoms with Crippen LogP contribution in [0, 0.1) is 6.92 Å². The van der Waals surface area contributed by atoms with Gasteiger partial charge in [0.25, 0.3) is 5.91 Å². The summed E-state index contributed by atoms with van der Waals surface area (Å²) in [4.78, 5) is 14.2. The number of hydrogen-bond donors (Lipinski definition) is 0. The molecule has 6 heteroatoms. The molecule has 1 aliphatic heterocycles. The fraction of sp³-hybridized carbons (Fsp3) is 0.375. The van der Waals surface area contributed by atoms with Gasteiger partial charge in [-0.15, -0.1) is 0 Å². The van der Waals surface area contributed by atoms with Crippen LogP contribution in [0.15, 0.2) is 34.9 Å². The van der Waals surface area contributed by atoms with Gasteiger partial charge in [-0.25, -0.2) is 0 Å². The number of amides is 1. The van der Waals surface area contributed by atoms with Crippen molar-refractivity contribution in [1.82, 2.24) is 10.1 Å². The number of aromatic nitrogens is 1. The van der Waals surface area contributed by atoms with Crippen LogP contribution in [0.1, 0.15) is 18.4 Å². The zero-order valence-electron chi connectivity index (χ0n) is 12.8. The second-order valence-corrected chi connectivity index (χ2v) is 5.43. The van der Waals surface area contributed by atoms with Gasteiger partial charge in [0.15, 0.2) is 11.5 Å². The van der Waals surface area contributed by atoms with Crippen LogP contribution in [-0.4, -0.2) is 35.2 Å². The fourth-order valence-electron chi connectivity index (χ4n) is 2.42. The van der Waals surface area contributed by atoms with E-state index in [1.807, 2.05) is 32.0 Å². The number of likely N-dealkylation sites (N-methyl/N-ethyl adjacent to an activating group) is 1. The number of benzene rings is 1. The molecule has 6 nitrogen and oxygen atoms in total. The van der Waals surface area contributed by atoms with Gasteiger partial charge in [-0.2, -0.15) is 0 Å². The first kappa shape index (κ1) is 14.4. The smallest absolute Gasteiger partial charge is 0.267 e. The fourth-order valence-corrected chi connectivity index (χ4v) is 2.42. The summed E-state index contributed by atoms with van der Waals surface area (Å²) in [7, 11) is 1.71. The monoisotopic (exact) mass is 302 g/mol. The van der Waals surface area contributed by atoms with Gasteiger partial charge in [0.1, 0.15) is 17.6 Å². The lowest BCUT2D eigenvalue weighted by Crippen LogP contribution is -2.49. The Morgan fingerprint density at radius 2 is 1.95 bits per heavy atom. The topological polar surface area (TPSA) is 64.8 Å². The van der Waals surface area contributed by atoms with Crippen molar-refractivity contribution in [2.24, 2.45) is 0 Å². The maximum atomic E-state index is 12.6. The molecule has 2 heterocycles. The first-order chi connectivity index (χ1) is 10.5. The molecule has 0 radical (unpaired) electrons. The molecule has 0 aliphatic carbocycles. The highest BCUT2D eigenvalue weighted by atomic mass is 16.6. The molecule has 0 saturated heterocycles. The van der Waals surface area contributed by atoms with Gasteiger partial charge in [0.05, 0.1) is 6.54 Å². The number of carbonyl (C=O) groups excluding carboxylic acids is 1. The maximum Gasteiger partial charge on any atom is 0.267 e. The largest absolute Gasteiger partial charge is 0.482 e. The van der Waals surface area contributed by atoms with E-state index in [4.69, 9.17) is 14.0 Å². The van der Waals surface area contributed by atoms with Crippen molar-refractivity contribution in [3.05, 3.63) is 41.8 Å². The van der Waals surface area contributed by atoms with Gasteiger partial charge in [-0.3, -0.25) is 4.79 Å². The molecular formula is C16H18N2O4. The van der Waals surface area contributed by atoms with E-state index in [9.17, 15) is 4.79 Å². The molecule has 116 valence electrons. The Morgan fingerprint density at radius 3 is 2.59 bits per heavy atom. The number of hydrogen-bond acceptors (Lipinski definition) is 5. The van der Waals surface area contributed by atoms with Crippen molar-refractivity contribution >= 4 is 5.91 Å². The molecule has 2 aromatic rings. The Balaban J connectivity index is 1.72. The molecule has 1 aromatic carbocycles. The first-order valence-corrected chi connectivity index (χ1v) is 7.14. The van der Waals surface area contributed by atoms with E-state index in [0.717, 1.165) is 5.76 Å². The number of aryl methyl sites for hydroxylation is 1. The summed E-state index contributed by atoms with van der Waals surface area (Å²) in [5.74, 6) is 1.82. The van der Waals surface area contributed by atoms with Gasteiger partial charge in [0, 0.05) is 13.1 Å². The van der Waals surface area contributed by atoms with Gasteiger partial charge in [-0.1, -0.05) is 17.3 Å². The predicted octanol–water partition coefficient (Wildman–Crippen LogP) is 2.17. The van der Waals surface area contributed by atoms with E-state index < -0.39 is 6.10 Å². The van der Waals surface area contributed by atoms with E-state index >= 15 is 0 Å². The number of carbonyl (C=O) groups is 1. The van der Waals surface area contributed by atoms with Crippen LogP contribution in [0.3, 0.4) is 0 Å². The van der Waals surface area contributed by atoms with Gasteiger partial charge in [0.2, 0.25) is 6.10 Å². The van der Waals surface area contributed by atoms with Crippen LogP contribution < -0.4 is 9.47 Å². The zero-order chi connectivity index (χ0) is 15.7. The van der Waals surface area contributed by atoms with Crippen LogP contribution in [0.25, 0.3) is 0 Å². The van der Waals surface area contributed by atoms with E-state index in [1.165, 1.54) is 0 Å². The lowest BCUT2D eigenvalue weighted by atomic mass is 10.1. The Labute approximate surface area is 128 Å². The van der Waals surface area contributed by atoms with Crippen LogP contribution in [0.2, 0.25) is 0 Å². The number of fused-ring (bicyclic) bond motifs is 1. The molecule has 2 atom stereocenters. The zero-order valence-corrected chi connectivity index (χ0v) is 12.8. The van der Waals surface area contributed by atoms with E-state index in [0.29, 0.717) is 23.7 Å². The minimum Gasteiger partial charge on any atom is -0.482 e. The molecule has 1 amide bonds. The normalized spacial score (nSPS) is 19.8. The highest BCUT2D eigenvalue weighted by molar-refractivity contribution is 5.82. The molecule has 1 aliphatic rings. The molecule has 3 rings (SSSR count). The number of nitrogens with zero attached hydrogens (tertiary/aromatic N) is 2. The third-order valence-corrected chi connectivity index (χ3v) is 3.54. The summed E-state index contributed by atoms with van der Waals surface area (Å²) in [5, 5.41) is 3.90. The minimum atomic E-state index is -0.673. The summed E-state index contributed by atoms with van der Waals surface area (Å²) in [6, 6.07) is 9.15. The summed E-state index contributed by atoms with van der Waals surface area (Å²) >= 11 is 0. The summed E-state index contributed by atoms with van der Waals surface area (Å²) in [6.45, 7) is 4.01. The highest BCUT2D eigenvalue weighted by Gasteiger charge is 2.35. The van der Waals surface area contributed by atoms with Crippen LogP contribution >= 0.6 is 0 Å². The number of ether oxygens (including phenoxy) is 2. The molecule has 0 saturated carbocycles. The maximum absolute atomic E-state index is 12.6. The summed E-state index contributed by atoms with van der Waals surface area (Å²) in [6.07, 6.45) is -1.03. The molecule has 0 N–H and O–H groups in total. The lowest BCUT2D eigenvalue weighted by Gasteiger charge is -2.33. The van der Waals surface area contributed by atoms with Crippen molar-refractivity contribution in [1.29, 1.82) is 0 Å². The predicted molar refractivity (Wildman–Crippen MR) is 78.7 cm³/mol. The summed E-state index contributed by atoms with van der Waals surface area (Å²) < 4.78 is 16.6. The average molecular weight is 302 g/mol. The van der Waals surface area contributed by atoms with E-state index in [-0.39, 0.29) is 12.0 Å². The van der Waals surface area contributed by atoms with Gasteiger partial charge < -0.3 is 18.9 Å². The van der Waals surface area contributed by atoms with Crippen LogP contribution in [0.5, 0.6) is 11.5 Å². The first-order valence-electron chi connectivity index (χ1n) is 7.14. The molecule has 0 spiro atoms. The van der Waals surface area contributed by atoms with Crippen molar-refractivity contribution in [3.63, 3.8) is 0 Å². The standard InChI is InChI=1S/C16H18N2O4/c1-10-8-12(17-22-10)9-18(3)16(19)15-11(2)20-13-6-4-5-7-14(13)21-15/h4-8,11,15H,9H2,1-3H3/t11-,15+/m1/s1. The quantitative estimate of drug-likeness (QED) is 0.869. The lowest BCUT2D eigenvalue weighted by molar-refractivity contribution is -0.143. The van der Waals surface area contributed by atoms with Crippen LogP contribution in [-0.2, 0) is 11.3 Å². The SMILES string of the molecule is Cc1cc(CN(C)C(=O)[C@H]2Oc3ccccc3O[C@@H]2C)no1. The van der Waals surface area contributed by atoms with Crippen molar-refractivity contribution in [3.8, 4) is 11.5 Å². The van der Waals surface area contributed by atoms with E-state index in [1.54, 1.807) is 24.1 Å². The molecule has 0 fully saturated rings. The average Bonchev–Trinajstić information content (AvgIpc) is 2.91. The molecule has 0 bridgehead atoms. The molecule has 22 heavy (non-hydrogen) atoms. The molecule has 1 aromatic heterocycles. The van der Waals surface area contributed by atoms with Crippen LogP contribution in [0.4, 0.5) is 0 Å². The van der Waals surface area contributed by atoms with Gasteiger partial charge >= 0.3 is 0 Å². The Bertz CT molecular complexity index is 682. The molecular weight excluding hydrogens is 284 g/mol.